The largest absolute Gasteiger partial charge is 0.494 e. The SMILES string of the molecule is CCOc1ccc(C)c(Oc2nc(C(=O)Nc3c(OC)nc(NCCNC(C)C)nc3OC)cs2)c1. The van der Waals surface area contributed by atoms with E-state index >= 15 is 0 Å². The van der Waals surface area contributed by atoms with Gasteiger partial charge in [-0.15, -0.1) is 0 Å². The molecule has 0 saturated heterocycles. The highest BCUT2D eigenvalue weighted by molar-refractivity contribution is 7.11. The first kappa shape index (κ1) is 27.0. The third-order valence-electron chi connectivity index (χ3n) is 4.81. The minimum Gasteiger partial charge on any atom is -0.494 e. The topological polar surface area (TPSA) is 129 Å². The zero-order valence-corrected chi connectivity index (χ0v) is 22.1. The Kier molecular flexibility index (Phi) is 9.65. The first-order valence-electron chi connectivity index (χ1n) is 11.5. The average molecular weight is 517 g/mol. The molecule has 0 aliphatic carbocycles. The number of hydrogen-bond acceptors (Lipinski definition) is 11. The summed E-state index contributed by atoms with van der Waals surface area (Å²) in [7, 11) is 2.91. The molecule has 3 rings (SSSR count). The average Bonchev–Trinajstić information content (AvgIpc) is 3.33. The Morgan fingerprint density at radius 3 is 2.44 bits per heavy atom. The molecule has 2 heterocycles. The van der Waals surface area contributed by atoms with Gasteiger partial charge in [0.05, 0.1) is 20.8 Å². The molecule has 1 aromatic carbocycles. The lowest BCUT2D eigenvalue weighted by Crippen LogP contribution is -2.28. The van der Waals surface area contributed by atoms with E-state index in [9.17, 15) is 4.79 Å². The molecule has 0 radical (unpaired) electrons. The highest BCUT2D eigenvalue weighted by Crippen LogP contribution is 2.34. The molecule has 2 aromatic heterocycles. The lowest BCUT2D eigenvalue weighted by molar-refractivity contribution is 0.102. The number of nitrogens with one attached hydrogen (secondary N) is 3. The molecule has 0 fully saturated rings. The number of hydrogen-bond donors (Lipinski definition) is 3. The van der Waals surface area contributed by atoms with Gasteiger partial charge in [-0.3, -0.25) is 4.79 Å². The molecular weight excluding hydrogens is 484 g/mol. The van der Waals surface area contributed by atoms with E-state index in [0.717, 1.165) is 12.1 Å². The van der Waals surface area contributed by atoms with Crippen LogP contribution in [0.15, 0.2) is 23.6 Å². The number of carbonyl (C=O) groups is 1. The van der Waals surface area contributed by atoms with E-state index in [1.54, 1.807) is 11.4 Å². The number of anilines is 2. The Balaban J connectivity index is 1.72. The maximum Gasteiger partial charge on any atom is 0.279 e. The molecule has 0 spiro atoms. The normalized spacial score (nSPS) is 10.8. The van der Waals surface area contributed by atoms with Gasteiger partial charge in [-0.05, 0) is 25.5 Å². The van der Waals surface area contributed by atoms with Crippen LogP contribution in [-0.2, 0) is 0 Å². The number of rotatable bonds is 13. The van der Waals surface area contributed by atoms with Crippen molar-refractivity contribution in [3.05, 3.63) is 34.8 Å². The van der Waals surface area contributed by atoms with Crippen LogP contribution >= 0.6 is 11.3 Å². The number of nitrogens with zero attached hydrogens (tertiary/aromatic N) is 3. The van der Waals surface area contributed by atoms with E-state index in [-0.39, 0.29) is 23.1 Å². The fourth-order valence-electron chi connectivity index (χ4n) is 3.06. The number of ether oxygens (including phenoxy) is 4. The van der Waals surface area contributed by atoms with Crippen molar-refractivity contribution in [3.8, 4) is 28.5 Å². The van der Waals surface area contributed by atoms with Gasteiger partial charge in [0.15, 0.2) is 5.69 Å². The fraction of sp³-hybridized carbons (Fsp3) is 0.417. The number of carbonyl (C=O) groups excluding carboxylic acids is 1. The van der Waals surface area contributed by atoms with Crippen LogP contribution in [-0.4, -0.2) is 60.8 Å². The van der Waals surface area contributed by atoms with Crippen LogP contribution in [0.2, 0.25) is 0 Å². The third-order valence-corrected chi connectivity index (χ3v) is 5.53. The highest BCUT2D eigenvalue weighted by atomic mass is 32.1. The van der Waals surface area contributed by atoms with Crippen molar-refractivity contribution < 1.29 is 23.7 Å². The number of aromatic nitrogens is 3. The monoisotopic (exact) mass is 516 g/mol. The molecule has 194 valence electrons. The summed E-state index contributed by atoms with van der Waals surface area (Å²) in [6.07, 6.45) is 0. The Hall–Kier alpha value is -3.64. The van der Waals surface area contributed by atoms with Gasteiger partial charge in [0.1, 0.15) is 17.2 Å². The molecule has 0 unspecified atom stereocenters. The van der Waals surface area contributed by atoms with Crippen molar-refractivity contribution in [3.63, 3.8) is 0 Å². The zero-order chi connectivity index (χ0) is 26.1. The summed E-state index contributed by atoms with van der Waals surface area (Å²) < 4.78 is 22.2. The zero-order valence-electron chi connectivity index (χ0n) is 21.3. The first-order valence-corrected chi connectivity index (χ1v) is 12.4. The quantitative estimate of drug-likeness (QED) is 0.285. The first-order chi connectivity index (χ1) is 17.3. The Morgan fingerprint density at radius 1 is 1.08 bits per heavy atom. The summed E-state index contributed by atoms with van der Waals surface area (Å²) in [5.74, 6) is 1.45. The van der Waals surface area contributed by atoms with Crippen LogP contribution in [0.3, 0.4) is 0 Å². The van der Waals surface area contributed by atoms with Gasteiger partial charge >= 0.3 is 0 Å². The number of methoxy groups -OCH3 is 2. The molecular formula is C24H32N6O5S. The van der Waals surface area contributed by atoms with Gasteiger partial charge in [0.25, 0.3) is 11.1 Å². The molecule has 0 atom stereocenters. The van der Waals surface area contributed by atoms with E-state index in [4.69, 9.17) is 18.9 Å². The van der Waals surface area contributed by atoms with Gasteiger partial charge in [0, 0.05) is 30.6 Å². The number of benzene rings is 1. The summed E-state index contributed by atoms with van der Waals surface area (Å²) in [6.45, 7) is 9.85. The Morgan fingerprint density at radius 2 is 1.81 bits per heavy atom. The smallest absolute Gasteiger partial charge is 0.279 e. The summed E-state index contributed by atoms with van der Waals surface area (Å²) >= 11 is 1.20. The molecule has 3 aromatic rings. The van der Waals surface area contributed by atoms with E-state index in [1.165, 1.54) is 25.6 Å². The minimum atomic E-state index is -0.483. The van der Waals surface area contributed by atoms with Crippen LogP contribution in [0.1, 0.15) is 36.8 Å². The molecule has 0 saturated carbocycles. The second kappa shape index (κ2) is 12.9. The van der Waals surface area contributed by atoms with E-state index < -0.39 is 5.91 Å². The maximum absolute atomic E-state index is 12.9. The van der Waals surface area contributed by atoms with Gasteiger partial charge in [-0.1, -0.05) is 31.3 Å². The minimum absolute atomic E-state index is 0.157. The van der Waals surface area contributed by atoms with Crippen molar-refractivity contribution in [2.24, 2.45) is 0 Å². The van der Waals surface area contributed by atoms with E-state index in [1.807, 2.05) is 26.0 Å². The second-order valence-corrected chi connectivity index (χ2v) is 8.71. The lowest BCUT2D eigenvalue weighted by Gasteiger charge is -2.14. The Labute approximate surface area is 214 Å². The molecule has 12 heteroatoms. The highest BCUT2D eigenvalue weighted by Gasteiger charge is 2.21. The van der Waals surface area contributed by atoms with Crippen LogP contribution in [0.5, 0.6) is 28.5 Å². The number of thiazole rings is 1. The summed E-state index contributed by atoms with van der Waals surface area (Å²) in [4.78, 5) is 25.9. The molecule has 0 bridgehead atoms. The van der Waals surface area contributed by atoms with Crippen LogP contribution in [0.4, 0.5) is 11.6 Å². The molecule has 0 aliphatic rings. The molecule has 0 aliphatic heterocycles. The van der Waals surface area contributed by atoms with E-state index in [0.29, 0.717) is 41.8 Å². The van der Waals surface area contributed by atoms with Crippen LogP contribution < -0.4 is 34.9 Å². The van der Waals surface area contributed by atoms with Crippen molar-refractivity contribution in [2.75, 3.05) is 44.5 Å². The second-order valence-electron chi connectivity index (χ2n) is 7.89. The fourth-order valence-corrected chi connectivity index (χ4v) is 3.73. The van der Waals surface area contributed by atoms with Crippen molar-refractivity contribution in [1.82, 2.24) is 20.3 Å². The van der Waals surface area contributed by atoms with Gasteiger partial charge < -0.3 is 34.9 Å². The number of amides is 1. The Bertz CT molecular complexity index is 1140. The number of aryl methyl sites for hydroxylation is 1. The van der Waals surface area contributed by atoms with Crippen LogP contribution in [0, 0.1) is 6.92 Å². The lowest BCUT2D eigenvalue weighted by atomic mass is 10.2. The standard InChI is InChI=1S/C24H32N6O5S/c1-7-34-16-9-8-15(4)18(12-16)35-24-27-17(13-36-24)20(31)28-19-21(32-5)29-23(30-22(19)33-6)26-11-10-25-14(2)3/h8-9,12-14,25H,7,10-11H2,1-6H3,(H,28,31)(H,26,29,30). The van der Waals surface area contributed by atoms with Crippen molar-refractivity contribution >= 4 is 28.9 Å². The van der Waals surface area contributed by atoms with Crippen LogP contribution in [0.25, 0.3) is 0 Å². The molecule has 36 heavy (non-hydrogen) atoms. The van der Waals surface area contributed by atoms with Gasteiger partial charge in [-0.2, -0.15) is 15.0 Å². The maximum atomic E-state index is 12.9. The van der Waals surface area contributed by atoms with Crippen molar-refractivity contribution in [2.45, 2.75) is 33.7 Å². The molecule has 11 nitrogen and oxygen atoms in total. The van der Waals surface area contributed by atoms with Gasteiger partial charge in [-0.25, -0.2) is 0 Å². The summed E-state index contributed by atoms with van der Waals surface area (Å²) in [5, 5.41) is 11.1. The summed E-state index contributed by atoms with van der Waals surface area (Å²) in [5.41, 5.74) is 1.28. The molecule has 1 amide bonds. The predicted molar refractivity (Wildman–Crippen MR) is 139 cm³/mol. The predicted octanol–water partition coefficient (Wildman–Crippen LogP) is 4.11. The van der Waals surface area contributed by atoms with Crippen molar-refractivity contribution in [1.29, 1.82) is 0 Å². The third kappa shape index (κ3) is 7.18. The van der Waals surface area contributed by atoms with E-state index in [2.05, 4.69) is 44.7 Å². The molecule has 3 N–H and O–H groups in total. The summed E-state index contributed by atoms with van der Waals surface area (Å²) in [6, 6.07) is 5.94. The van der Waals surface area contributed by atoms with Gasteiger partial charge in [0.2, 0.25) is 17.7 Å².